The molecule has 0 saturated carbocycles. The lowest BCUT2D eigenvalue weighted by Gasteiger charge is -2.21. The zero-order chi connectivity index (χ0) is 15.5. The van der Waals surface area contributed by atoms with Gasteiger partial charge in [0.25, 0.3) is 5.91 Å². The predicted molar refractivity (Wildman–Crippen MR) is 86.0 cm³/mol. The fraction of sp³-hybridized carbons (Fsp3) is 0.133. The van der Waals surface area contributed by atoms with E-state index < -0.39 is 0 Å². The Balaban J connectivity index is 1.84. The van der Waals surface area contributed by atoms with Crippen LogP contribution in [0.1, 0.15) is 0 Å². The smallest absolute Gasteiger partial charge is 0.250 e. The lowest BCUT2D eigenvalue weighted by atomic mass is 10.2. The highest BCUT2D eigenvalue weighted by Gasteiger charge is 2.16. The fourth-order valence-electron chi connectivity index (χ4n) is 2.12. The van der Waals surface area contributed by atoms with Gasteiger partial charge in [0.2, 0.25) is 0 Å². The number of hydrogen-bond donors (Lipinski definition) is 0. The third kappa shape index (κ3) is 2.94. The Morgan fingerprint density at radius 3 is 2.55 bits per heavy atom. The molecule has 7 heteroatoms. The molecule has 0 radical (unpaired) electrons. The van der Waals surface area contributed by atoms with E-state index in [1.54, 1.807) is 36.0 Å². The number of carbonyl (C=O) groups is 1. The molecule has 112 valence electrons. The summed E-state index contributed by atoms with van der Waals surface area (Å²) in [7, 11) is 1.91. The molecule has 1 aliphatic heterocycles. The van der Waals surface area contributed by atoms with Crippen LogP contribution in [0.2, 0.25) is 0 Å². The first-order valence-corrected chi connectivity index (χ1v) is 7.45. The number of rotatable bonds is 3. The minimum Gasteiger partial charge on any atom is -0.354 e. The predicted octanol–water partition coefficient (Wildman–Crippen LogP) is 2.42. The number of imidazole rings is 1. The van der Waals surface area contributed by atoms with Gasteiger partial charge in [-0.2, -0.15) is 0 Å². The van der Waals surface area contributed by atoms with E-state index in [0.717, 1.165) is 11.3 Å². The van der Waals surface area contributed by atoms with Crippen molar-refractivity contribution in [1.29, 1.82) is 0 Å². The van der Waals surface area contributed by atoms with Crippen LogP contribution in [0.15, 0.2) is 60.3 Å². The molecular weight excluding hydrogens is 346 g/mol. The summed E-state index contributed by atoms with van der Waals surface area (Å²) < 4.78 is 2.53. The van der Waals surface area contributed by atoms with Crippen molar-refractivity contribution in [2.24, 2.45) is 0 Å². The molecule has 1 aliphatic rings. The second-order valence-electron chi connectivity index (χ2n) is 4.81. The molecule has 0 bridgehead atoms. The average Bonchev–Trinajstić information content (AvgIpc) is 2.89. The molecule has 0 aliphatic carbocycles. The Bertz CT molecular complexity index is 724. The molecule has 0 aromatic carbocycles. The van der Waals surface area contributed by atoms with E-state index in [1.807, 2.05) is 41.0 Å². The van der Waals surface area contributed by atoms with Crippen LogP contribution < -0.4 is 0 Å². The van der Waals surface area contributed by atoms with Gasteiger partial charge >= 0.3 is 0 Å². The summed E-state index contributed by atoms with van der Waals surface area (Å²) in [6.07, 6.45) is 12.2. The Morgan fingerprint density at radius 1 is 1.18 bits per heavy atom. The van der Waals surface area contributed by atoms with Crippen molar-refractivity contribution in [2.45, 2.75) is 6.54 Å². The largest absolute Gasteiger partial charge is 0.354 e. The highest BCUT2D eigenvalue weighted by molar-refractivity contribution is 9.10. The van der Waals surface area contributed by atoms with Crippen molar-refractivity contribution in [3.8, 4) is 11.3 Å². The number of halogens is 1. The zero-order valence-electron chi connectivity index (χ0n) is 11.9. The minimum atomic E-state index is -0.0409. The van der Waals surface area contributed by atoms with E-state index in [0.29, 0.717) is 4.60 Å². The molecule has 3 heterocycles. The molecular formula is C15H14BrN5O. The van der Waals surface area contributed by atoms with Crippen LogP contribution in [0, 0.1) is 0 Å². The van der Waals surface area contributed by atoms with Gasteiger partial charge in [0.05, 0.1) is 12.0 Å². The van der Waals surface area contributed by atoms with E-state index in [4.69, 9.17) is 0 Å². The van der Waals surface area contributed by atoms with Gasteiger partial charge in [0, 0.05) is 49.8 Å². The van der Waals surface area contributed by atoms with Gasteiger partial charge in [-0.05, 0) is 28.1 Å². The first-order valence-electron chi connectivity index (χ1n) is 6.66. The second kappa shape index (κ2) is 6.15. The molecule has 2 aromatic heterocycles. The summed E-state index contributed by atoms with van der Waals surface area (Å²) in [5, 5.41) is 0. The number of aromatic nitrogens is 3. The van der Waals surface area contributed by atoms with Gasteiger partial charge in [-0.1, -0.05) is 0 Å². The normalized spacial score (nSPS) is 13.7. The van der Waals surface area contributed by atoms with Gasteiger partial charge in [-0.3, -0.25) is 14.7 Å². The fourth-order valence-corrected chi connectivity index (χ4v) is 2.67. The lowest BCUT2D eigenvalue weighted by molar-refractivity contribution is -0.127. The molecule has 22 heavy (non-hydrogen) atoms. The van der Waals surface area contributed by atoms with Crippen LogP contribution in [0.25, 0.3) is 11.3 Å². The molecule has 0 spiro atoms. The highest BCUT2D eigenvalue weighted by atomic mass is 79.9. The van der Waals surface area contributed by atoms with Crippen LogP contribution >= 0.6 is 15.9 Å². The Kier molecular flexibility index (Phi) is 4.06. The van der Waals surface area contributed by atoms with Crippen LogP contribution in [0.3, 0.4) is 0 Å². The summed E-state index contributed by atoms with van der Waals surface area (Å²) >= 11 is 3.44. The molecule has 0 N–H and O–H groups in total. The van der Waals surface area contributed by atoms with Gasteiger partial charge in [0.1, 0.15) is 11.1 Å². The average molecular weight is 360 g/mol. The molecule has 3 rings (SSSR count). The van der Waals surface area contributed by atoms with Crippen molar-refractivity contribution >= 4 is 21.8 Å². The monoisotopic (exact) mass is 359 g/mol. The van der Waals surface area contributed by atoms with Gasteiger partial charge < -0.3 is 9.47 Å². The number of amides is 1. The maximum absolute atomic E-state index is 12.4. The number of carbonyl (C=O) groups excluding carboxylic acids is 1. The zero-order valence-corrected chi connectivity index (χ0v) is 13.5. The van der Waals surface area contributed by atoms with Crippen LogP contribution in [-0.2, 0) is 11.3 Å². The quantitative estimate of drug-likeness (QED) is 0.844. The highest BCUT2D eigenvalue weighted by Crippen LogP contribution is 2.26. The van der Waals surface area contributed by atoms with Crippen LogP contribution in [-0.4, -0.2) is 37.3 Å². The SMILES string of the molecule is CN1C=CN(C(=O)Cn2cnc(Br)c2-c2ccncc2)C=C1. The van der Waals surface area contributed by atoms with Crippen molar-refractivity contribution in [3.05, 3.63) is 60.3 Å². The Morgan fingerprint density at radius 2 is 1.86 bits per heavy atom. The molecule has 6 nitrogen and oxygen atoms in total. The molecule has 1 amide bonds. The van der Waals surface area contributed by atoms with Gasteiger partial charge in [-0.15, -0.1) is 0 Å². The van der Waals surface area contributed by atoms with E-state index in [9.17, 15) is 4.79 Å². The molecule has 2 aromatic rings. The summed E-state index contributed by atoms with van der Waals surface area (Å²) in [4.78, 5) is 24.1. The first kappa shape index (κ1) is 14.5. The maximum atomic E-state index is 12.4. The summed E-state index contributed by atoms with van der Waals surface area (Å²) in [5.41, 5.74) is 1.81. The van der Waals surface area contributed by atoms with Crippen molar-refractivity contribution in [2.75, 3.05) is 7.05 Å². The molecule has 0 atom stereocenters. The van der Waals surface area contributed by atoms with Crippen LogP contribution in [0.4, 0.5) is 0 Å². The topological polar surface area (TPSA) is 54.3 Å². The standard InChI is InChI=1S/C15H14BrN5O/c1-19-6-8-20(9-7-19)13(22)10-21-11-18-15(16)14(21)12-2-4-17-5-3-12/h2-9,11H,10H2,1H3. The minimum absolute atomic E-state index is 0.0409. The molecule has 0 fully saturated rings. The Labute approximate surface area is 136 Å². The Hall–Kier alpha value is -2.41. The maximum Gasteiger partial charge on any atom is 0.250 e. The van der Waals surface area contributed by atoms with E-state index in [2.05, 4.69) is 25.9 Å². The lowest BCUT2D eigenvalue weighted by Crippen LogP contribution is -2.27. The molecule has 0 unspecified atom stereocenters. The second-order valence-corrected chi connectivity index (χ2v) is 5.56. The summed E-state index contributed by atoms with van der Waals surface area (Å²) in [6, 6.07) is 3.77. The number of nitrogens with zero attached hydrogens (tertiary/aromatic N) is 5. The third-order valence-corrected chi connectivity index (χ3v) is 3.85. The first-order chi connectivity index (χ1) is 10.6. The van der Waals surface area contributed by atoms with Gasteiger partial charge in [0.15, 0.2) is 0 Å². The van der Waals surface area contributed by atoms with Gasteiger partial charge in [-0.25, -0.2) is 4.98 Å². The van der Waals surface area contributed by atoms with Crippen molar-refractivity contribution in [1.82, 2.24) is 24.3 Å². The van der Waals surface area contributed by atoms with E-state index in [-0.39, 0.29) is 12.5 Å². The van der Waals surface area contributed by atoms with E-state index in [1.165, 1.54) is 0 Å². The molecule has 0 saturated heterocycles. The van der Waals surface area contributed by atoms with Crippen molar-refractivity contribution < 1.29 is 4.79 Å². The van der Waals surface area contributed by atoms with Crippen molar-refractivity contribution in [3.63, 3.8) is 0 Å². The van der Waals surface area contributed by atoms with Crippen LogP contribution in [0.5, 0.6) is 0 Å². The number of hydrogen-bond acceptors (Lipinski definition) is 4. The van der Waals surface area contributed by atoms with E-state index >= 15 is 0 Å². The summed E-state index contributed by atoms with van der Waals surface area (Å²) in [6.45, 7) is 0.203. The number of pyridine rings is 1. The third-order valence-electron chi connectivity index (χ3n) is 3.27. The summed E-state index contributed by atoms with van der Waals surface area (Å²) in [5.74, 6) is -0.0409.